The minimum absolute atomic E-state index is 0.0572. The van der Waals surface area contributed by atoms with E-state index in [1.54, 1.807) is 6.20 Å². The van der Waals surface area contributed by atoms with Gasteiger partial charge in [-0.15, -0.1) is 0 Å². The van der Waals surface area contributed by atoms with Crippen LogP contribution in [0, 0.1) is 5.92 Å². The van der Waals surface area contributed by atoms with Gasteiger partial charge in [0.25, 0.3) is 0 Å². The molecule has 1 fully saturated rings. The second-order valence-electron chi connectivity index (χ2n) is 4.15. The Morgan fingerprint density at radius 3 is 3.31 bits per heavy atom. The molecule has 3 heterocycles. The molecule has 2 aliphatic heterocycles. The lowest BCUT2D eigenvalue weighted by Gasteiger charge is -2.29. The predicted octanol–water partition coefficient (Wildman–Crippen LogP) is 1.30. The molecule has 6 heteroatoms. The summed E-state index contributed by atoms with van der Waals surface area (Å²) in [7, 11) is 0. The molecule has 1 N–H and O–H groups in total. The van der Waals surface area contributed by atoms with E-state index in [0.717, 1.165) is 31.7 Å². The van der Waals surface area contributed by atoms with E-state index in [1.807, 2.05) is 0 Å². The number of anilines is 2. The highest BCUT2D eigenvalue weighted by molar-refractivity contribution is 6.28. The Kier molecular flexibility index (Phi) is 2.21. The van der Waals surface area contributed by atoms with Gasteiger partial charge in [-0.05, 0) is 24.4 Å². The Bertz CT molecular complexity index is 450. The van der Waals surface area contributed by atoms with E-state index < -0.39 is 0 Å². The van der Waals surface area contributed by atoms with Crippen LogP contribution in [-0.4, -0.2) is 29.0 Å². The van der Waals surface area contributed by atoms with Crippen LogP contribution >= 0.6 is 11.6 Å². The molecule has 2 bridgehead atoms. The van der Waals surface area contributed by atoms with Gasteiger partial charge < -0.3 is 10.2 Å². The highest BCUT2D eigenvalue weighted by Gasteiger charge is 2.32. The number of carbonyl (C=O) groups excluding carboxylic acids is 1. The van der Waals surface area contributed by atoms with Crippen molar-refractivity contribution < 1.29 is 4.79 Å². The number of fused-ring (bicyclic) bond motifs is 4. The van der Waals surface area contributed by atoms with Crippen molar-refractivity contribution in [1.82, 2.24) is 9.97 Å². The molecule has 1 unspecified atom stereocenters. The van der Waals surface area contributed by atoms with E-state index in [1.165, 1.54) is 0 Å². The van der Waals surface area contributed by atoms with Crippen molar-refractivity contribution in [2.75, 3.05) is 23.3 Å². The van der Waals surface area contributed by atoms with E-state index in [4.69, 9.17) is 11.6 Å². The third-order valence-corrected chi connectivity index (χ3v) is 3.27. The van der Waals surface area contributed by atoms with Crippen molar-refractivity contribution in [2.45, 2.75) is 12.8 Å². The fraction of sp³-hybridized carbons (Fsp3) is 0.500. The van der Waals surface area contributed by atoms with Crippen LogP contribution in [0.5, 0.6) is 0 Å². The van der Waals surface area contributed by atoms with Crippen LogP contribution in [0.1, 0.15) is 12.8 Å². The summed E-state index contributed by atoms with van der Waals surface area (Å²) in [5, 5.41) is 3.08. The quantitative estimate of drug-likeness (QED) is 0.693. The van der Waals surface area contributed by atoms with E-state index in [-0.39, 0.29) is 17.1 Å². The molecule has 84 valence electrons. The molecule has 0 spiro atoms. The molecule has 3 rings (SSSR count). The Hall–Kier alpha value is -1.36. The van der Waals surface area contributed by atoms with Gasteiger partial charge in [-0.2, -0.15) is 4.98 Å². The van der Waals surface area contributed by atoms with Crippen LogP contribution in [0.15, 0.2) is 6.20 Å². The number of halogens is 1. The summed E-state index contributed by atoms with van der Waals surface area (Å²) in [6.07, 6.45) is 3.53. The maximum atomic E-state index is 11.8. The zero-order chi connectivity index (χ0) is 11.1. The molecule has 1 aromatic rings. The number of nitrogens with one attached hydrogen (secondary N) is 1. The smallest absolute Gasteiger partial charge is 0.229 e. The summed E-state index contributed by atoms with van der Waals surface area (Å²) in [4.78, 5) is 22.0. The van der Waals surface area contributed by atoms with Crippen LogP contribution in [0.25, 0.3) is 0 Å². The van der Waals surface area contributed by atoms with E-state index >= 15 is 0 Å². The largest absolute Gasteiger partial charge is 0.354 e. The van der Waals surface area contributed by atoms with E-state index in [9.17, 15) is 4.79 Å². The number of nitrogens with zero attached hydrogens (tertiary/aromatic N) is 3. The minimum Gasteiger partial charge on any atom is -0.354 e. The molecule has 0 radical (unpaired) electrons. The fourth-order valence-electron chi connectivity index (χ4n) is 2.30. The van der Waals surface area contributed by atoms with Crippen molar-refractivity contribution in [2.24, 2.45) is 5.92 Å². The first-order valence-corrected chi connectivity index (χ1v) is 5.70. The summed E-state index contributed by atoms with van der Waals surface area (Å²) in [5.74, 6) is 0.867. The number of aromatic nitrogens is 2. The van der Waals surface area contributed by atoms with Crippen molar-refractivity contribution in [3.05, 3.63) is 11.5 Å². The molecule has 0 aliphatic carbocycles. The van der Waals surface area contributed by atoms with Crippen LogP contribution in [-0.2, 0) is 4.79 Å². The average molecular weight is 239 g/mol. The topological polar surface area (TPSA) is 58.1 Å². The van der Waals surface area contributed by atoms with Crippen molar-refractivity contribution in [1.29, 1.82) is 0 Å². The van der Waals surface area contributed by atoms with E-state index in [2.05, 4.69) is 20.2 Å². The lowest BCUT2D eigenvalue weighted by molar-refractivity contribution is -0.119. The first-order chi connectivity index (χ1) is 7.74. The predicted molar refractivity (Wildman–Crippen MR) is 60.6 cm³/mol. The molecule has 0 saturated carbocycles. The molecule has 1 saturated heterocycles. The summed E-state index contributed by atoms with van der Waals surface area (Å²) in [6.45, 7) is 1.65. The SMILES string of the molecule is O=C1Nc2cnc(Cl)nc2N2CCCC1C2. The molecule has 5 nitrogen and oxygen atoms in total. The Balaban J connectivity index is 2.08. The molecular formula is C10H11ClN4O. The summed E-state index contributed by atoms with van der Waals surface area (Å²) in [5.41, 5.74) is 0.666. The molecular weight excluding hydrogens is 228 g/mol. The second-order valence-corrected chi connectivity index (χ2v) is 4.49. The van der Waals surface area contributed by atoms with Crippen molar-refractivity contribution in [3.8, 4) is 0 Å². The Morgan fingerprint density at radius 1 is 1.56 bits per heavy atom. The summed E-state index contributed by atoms with van der Waals surface area (Å²) < 4.78 is 0. The number of hydrogen-bond donors (Lipinski definition) is 1. The monoisotopic (exact) mass is 238 g/mol. The third kappa shape index (κ3) is 1.51. The van der Waals surface area contributed by atoms with Crippen LogP contribution in [0.4, 0.5) is 11.5 Å². The Morgan fingerprint density at radius 2 is 2.44 bits per heavy atom. The van der Waals surface area contributed by atoms with Crippen LogP contribution in [0.3, 0.4) is 0 Å². The third-order valence-electron chi connectivity index (χ3n) is 3.09. The fourth-order valence-corrected chi connectivity index (χ4v) is 2.43. The lowest BCUT2D eigenvalue weighted by atomic mass is 9.98. The zero-order valence-electron chi connectivity index (χ0n) is 8.61. The summed E-state index contributed by atoms with van der Waals surface area (Å²) in [6, 6.07) is 0. The highest BCUT2D eigenvalue weighted by atomic mass is 35.5. The molecule has 1 amide bonds. The van der Waals surface area contributed by atoms with Gasteiger partial charge in [0.2, 0.25) is 11.2 Å². The maximum absolute atomic E-state index is 11.8. The molecule has 0 aromatic carbocycles. The van der Waals surface area contributed by atoms with Crippen molar-refractivity contribution >= 4 is 29.0 Å². The molecule has 2 aliphatic rings. The molecule has 1 aromatic heterocycles. The number of carbonyl (C=O) groups is 1. The standard InChI is InChI=1S/C10H11ClN4O/c11-10-12-4-7-8(14-10)15-3-1-2-6(5-15)9(16)13-7/h4,6H,1-3,5H2,(H,13,16). The van der Waals surface area contributed by atoms with Gasteiger partial charge in [0.05, 0.1) is 12.1 Å². The normalized spacial score (nSPS) is 23.4. The minimum atomic E-state index is 0.0572. The average Bonchev–Trinajstić information content (AvgIpc) is 2.38. The maximum Gasteiger partial charge on any atom is 0.229 e. The van der Waals surface area contributed by atoms with Gasteiger partial charge in [0.1, 0.15) is 5.69 Å². The zero-order valence-corrected chi connectivity index (χ0v) is 9.37. The first-order valence-electron chi connectivity index (χ1n) is 5.32. The molecule has 16 heavy (non-hydrogen) atoms. The van der Waals surface area contributed by atoms with Gasteiger partial charge in [-0.25, -0.2) is 4.98 Å². The molecule has 1 atom stereocenters. The summed E-state index contributed by atoms with van der Waals surface area (Å²) >= 11 is 5.78. The lowest BCUT2D eigenvalue weighted by Crippen LogP contribution is -2.38. The van der Waals surface area contributed by atoms with Gasteiger partial charge in [-0.3, -0.25) is 4.79 Å². The van der Waals surface area contributed by atoms with Gasteiger partial charge in [0.15, 0.2) is 5.82 Å². The van der Waals surface area contributed by atoms with Gasteiger partial charge in [0, 0.05) is 13.1 Å². The highest BCUT2D eigenvalue weighted by Crippen LogP contribution is 2.32. The van der Waals surface area contributed by atoms with Crippen LogP contribution in [0.2, 0.25) is 5.28 Å². The second kappa shape index (κ2) is 3.59. The Labute approximate surface area is 97.8 Å². The van der Waals surface area contributed by atoms with Gasteiger partial charge >= 0.3 is 0 Å². The van der Waals surface area contributed by atoms with Gasteiger partial charge in [-0.1, -0.05) is 0 Å². The number of hydrogen-bond acceptors (Lipinski definition) is 4. The number of piperidine rings is 1. The van der Waals surface area contributed by atoms with E-state index in [0.29, 0.717) is 5.69 Å². The first kappa shape index (κ1) is 9.84. The van der Waals surface area contributed by atoms with Crippen molar-refractivity contribution in [3.63, 3.8) is 0 Å². The number of rotatable bonds is 0. The number of amides is 1. The van der Waals surface area contributed by atoms with Crippen LogP contribution < -0.4 is 10.2 Å².